The fourth-order valence-corrected chi connectivity index (χ4v) is 1.92. The Labute approximate surface area is 106 Å². The average molecular weight is 268 g/mol. The Kier molecular flexibility index (Phi) is 5.78. The largest absolute Gasteiger partial charge is 0.481 e. The molecule has 16 heavy (non-hydrogen) atoms. The Morgan fingerprint density at radius 1 is 1.56 bits per heavy atom. The minimum atomic E-state index is -0.733. The maximum absolute atomic E-state index is 10.9. The summed E-state index contributed by atoms with van der Waals surface area (Å²) in [6.45, 7) is 1.28. The number of hydrogen-bond donors (Lipinski definition) is 2. The van der Waals surface area contributed by atoms with Crippen molar-refractivity contribution in [3.05, 3.63) is 18.0 Å². The van der Waals surface area contributed by atoms with Crippen LogP contribution in [0.4, 0.5) is 0 Å². The van der Waals surface area contributed by atoms with Gasteiger partial charge in [-0.1, -0.05) is 0 Å². The normalized spacial score (nSPS) is 23.3. The number of hydrogen-bond acceptors (Lipinski definition) is 3. The summed E-state index contributed by atoms with van der Waals surface area (Å²) in [7, 11) is 1.83. The number of nitrogens with one attached hydrogen (secondary N) is 1. The number of carbonyl (C=O) groups is 1. The maximum Gasteiger partial charge on any atom is 0.308 e. The van der Waals surface area contributed by atoms with E-state index in [4.69, 9.17) is 5.11 Å². The van der Waals surface area contributed by atoms with Crippen molar-refractivity contribution in [1.82, 2.24) is 15.1 Å². The van der Waals surface area contributed by atoms with Gasteiger partial charge in [-0.05, 0) is 5.56 Å². The van der Waals surface area contributed by atoms with E-state index in [1.54, 1.807) is 10.9 Å². The van der Waals surface area contributed by atoms with Crippen LogP contribution in [0, 0.1) is 5.92 Å². The summed E-state index contributed by atoms with van der Waals surface area (Å²) in [5.41, 5.74) is 1.00. The molecule has 2 unspecified atom stereocenters. The van der Waals surface area contributed by atoms with E-state index in [0.29, 0.717) is 6.54 Å². The molecule has 2 rings (SSSR count). The topological polar surface area (TPSA) is 67.2 Å². The molecule has 2 heterocycles. The van der Waals surface area contributed by atoms with E-state index in [1.807, 2.05) is 13.2 Å². The van der Waals surface area contributed by atoms with Gasteiger partial charge in [0.25, 0.3) is 0 Å². The van der Waals surface area contributed by atoms with E-state index in [2.05, 4.69) is 10.4 Å². The van der Waals surface area contributed by atoms with E-state index < -0.39 is 5.97 Å². The van der Waals surface area contributed by atoms with Crippen LogP contribution in [-0.4, -0.2) is 33.9 Å². The Hall–Kier alpha value is -0.780. The van der Waals surface area contributed by atoms with Gasteiger partial charge in [0, 0.05) is 32.3 Å². The summed E-state index contributed by atoms with van der Waals surface area (Å²) in [6, 6.07) is 0. The lowest BCUT2D eigenvalue weighted by Gasteiger charge is -2.11. The first-order chi connectivity index (χ1) is 6.68. The van der Waals surface area contributed by atoms with Crippen molar-refractivity contribution >= 4 is 30.8 Å². The third kappa shape index (κ3) is 2.87. The van der Waals surface area contributed by atoms with Gasteiger partial charge in [-0.15, -0.1) is 24.8 Å². The fraction of sp³-hybridized carbons (Fsp3) is 0.556. The smallest absolute Gasteiger partial charge is 0.308 e. The van der Waals surface area contributed by atoms with Crippen LogP contribution in [0.15, 0.2) is 12.4 Å². The van der Waals surface area contributed by atoms with Crippen molar-refractivity contribution in [3.8, 4) is 0 Å². The number of carboxylic acid groups (broad SMARTS) is 1. The first-order valence-electron chi connectivity index (χ1n) is 4.60. The van der Waals surface area contributed by atoms with Gasteiger partial charge in [0.2, 0.25) is 0 Å². The minimum Gasteiger partial charge on any atom is -0.481 e. The molecule has 1 fully saturated rings. The molecule has 1 aliphatic rings. The summed E-state index contributed by atoms with van der Waals surface area (Å²) < 4.78 is 1.70. The number of carboxylic acids is 1. The number of nitrogens with zero attached hydrogens (tertiary/aromatic N) is 2. The van der Waals surface area contributed by atoms with Crippen LogP contribution in [0.1, 0.15) is 11.5 Å². The van der Waals surface area contributed by atoms with Crippen molar-refractivity contribution in [3.63, 3.8) is 0 Å². The second-order valence-electron chi connectivity index (χ2n) is 3.66. The molecule has 2 atom stereocenters. The highest BCUT2D eigenvalue weighted by molar-refractivity contribution is 5.85. The number of halogens is 2. The van der Waals surface area contributed by atoms with Crippen molar-refractivity contribution in [1.29, 1.82) is 0 Å². The molecule has 7 heteroatoms. The number of aryl methyl sites for hydroxylation is 1. The van der Waals surface area contributed by atoms with Crippen LogP contribution >= 0.6 is 24.8 Å². The van der Waals surface area contributed by atoms with Crippen molar-refractivity contribution in [2.45, 2.75) is 5.92 Å². The number of aliphatic carboxylic acids is 1. The zero-order valence-electron chi connectivity index (χ0n) is 8.79. The molecule has 0 spiro atoms. The van der Waals surface area contributed by atoms with Crippen molar-refractivity contribution < 1.29 is 9.90 Å². The van der Waals surface area contributed by atoms with Crippen LogP contribution in [0.5, 0.6) is 0 Å². The second kappa shape index (κ2) is 6.08. The molecule has 1 aromatic rings. The molecule has 5 nitrogen and oxygen atoms in total. The first kappa shape index (κ1) is 15.2. The highest BCUT2D eigenvalue weighted by Crippen LogP contribution is 2.27. The summed E-state index contributed by atoms with van der Waals surface area (Å²) in [4.78, 5) is 10.9. The molecule has 0 radical (unpaired) electrons. The van der Waals surface area contributed by atoms with Crippen molar-refractivity contribution in [2.75, 3.05) is 13.1 Å². The van der Waals surface area contributed by atoms with Crippen LogP contribution in [0.25, 0.3) is 0 Å². The van der Waals surface area contributed by atoms with Crippen LogP contribution in [0.2, 0.25) is 0 Å². The lowest BCUT2D eigenvalue weighted by Crippen LogP contribution is -2.20. The highest BCUT2D eigenvalue weighted by atomic mass is 35.5. The molecule has 0 bridgehead atoms. The lowest BCUT2D eigenvalue weighted by molar-refractivity contribution is -0.141. The van der Waals surface area contributed by atoms with Gasteiger partial charge in [0.1, 0.15) is 0 Å². The molecule has 1 aromatic heterocycles. The molecule has 0 saturated carbocycles. The highest BCUT2D eigenvalue weighted by Gasteiger charge is 2.34. The van der Waals surface area contributed by atoms with E-state index >= 15 is 0 Å². The van der Waals surface area contributed by atoms with Gasteiger partial charge >= 0.3 is 5.97 Å². The van der Waals surface area contributed by atoms with E-state index in [9.17, 15) is 4.79 Å². The van der Waals surface area contributed by atoms with Crippen LogP contribution < -0.4 is 5.32 Å². The SMILES string of the molecule is Cl.Cl.Cn1cc(C2CNCC2C(=O)O)cn1. The van der Waals surface area contributed by atoms with Crippen LogP contribution in [0.3, 0.4) is 0 Å². The standard InChI is InChI=1S/C9H13N3O2.2ClH/c1-12-5-6(2-11-12)7-3-10-4-8(7)9(13)14;;/h2,5,7-8,10H,3-4H2,1H3,(H,13,14);2*1H. The van der Waals surface area contributed by atoms with Gasteiger partial charge in [-0.3, -0.25) is 9.48 Å². The molecule has 1 saturated heterocycles. The summed E-state index contributed by atoms with van der Waals surface area (Å²) in [6.07, 6.45) is 3.63. The predicted molar refractivity (Wildman–Crippen MR) is 64.4 cm³/mol. The minimum absolute atomic E-state index is 0. The Bertz CT molecular complexity index is 356. The Morgan fingerprint density at radius 3 is 2.75 bits per heavy atom. The number of rotatable bonds is 2. The fourth-order valence-electron chi connectivity index (χ4n) is 1.92. The molecule has 0 amide bonds. The molecular weight excluding hydrogens is 253 g/mol. The molecule has 2 N–H and O–H groups in total. The lowest BCUT2D eigenvalue weighted by atomic mass is 9.91. The molecule has 0 aliphatic carbocycles. The van der Waals surface area contributed by atoms with Gasteiger partial charge in [-0.25, -0.2) is 0 Å². The zero-order valence-corrected chi connectivity index (χ0v) is 10.4. The molecular formula is C9H15Cl2N3O2. The maximum atomic E-state index is 10.9. The monoisotopic (exact) mass is 267 g/mol. The van der Waals surface area contributed by atoms with Crippen molar-refractivity contribution in [2.24, 2.45) is 13.0 Å². The van der Waals surface area contributed by atoms with E-state index in [1.165, 1.54) is 0 Å². The Morgan fingerprint density at radius 2 is 2.25 bits per heavy atom. The van der Waals surface area contributed by atoms with Gasteiger partial charge < -0.3 is 10.4 Å². The average Bonchev–Trinajstić information content (AvgIpc) is 2.70. The molecule has 92 valence electrons. The first-order valence-corrected chi connectivity index (χ1v) is 4.60. The summed E-state index contributed by atoms with van der Waals surface area (Å²) in [5.74, 6) is -0.996. The Balaban J connectivity index is 0.00000112. The van der Waals surface area contributed by atoms with Gasteiger partial charge in [-0.2, -0.15) is 5.10 Å². The van der Waals surface area contributed by atoms with Gasteiger partial charge in [0.15, 0.2) is 0 Å². The third-order valence-corrected chi connectivity index (χ3v) is 2.68. The predicted octanol–water partition coefficient (Wildman–Crippen LogP) is 0.651. The third-order valence-electron chi connectivity index (χ3n) is 2.68. The van der Waals surface area contributed by atoms with Crippen LogP contribution in [-0.2, 0) is 11.8 Å². The summed E-state index contributed by atoms with van der Waals surface area (Å²) in [5, 5.41) is 16.1. The van der Waals surface area contributed by atoms with Gasteiger partial charge in [0.05, 0.1) is 12.1 Å². The molecule has 1 aliphatic heterocycles. The zero-order chi connectivity index (χ0) is 10.1. The second-order valence-corrected chi connectivity index (χ2v) is 3.66. The van der Waals surface area contributed by atoms with E-state index in [-0.39, 0.29) is 36.6 Å². The quantitative estimate of drug-likeness (QED) is 0.826. The molecule has 0 aromatic carbocycles. The summed E-state index contributed by atoms with van der Waals surface area (Å²) >= 11 is 0. The van der Waals surface area contributed by atoms with E-state index in [0.717, 1.165) is 12.1 Å². The number of aromatic nitrogens is 2.